The molecule has 1 rings (SSSR count). The molecular weight excluding hydrogens is 212 g/mol. The van der Waals surface area contributed by atoms with E-state index in [1.807, 2.05) is 19.3 Å². The lowest BCUT2D eigenvalue weighted by molar-refractivity contribution is 0.619. The van der Waals surface area contributed by atoms with Gasteiger partial charge in [-0.05, 0) is 26.3 Å². The summed E-state index contributed by atoms with van der Waals surface area (Å²) in [5.74, 6) is 1.69. The van der Waals surface area contributed by atoms with E-state index < -0.39 is 0 Å². The fourth-order valence-corrected chi connectivity index (χ4v) is 1.80. The highest BCUT2D eigenvalue weighted by molar-refractivity contribution is 5.42. The van der Waals surface area contributed by atoms with E-state index in [1.54, 1.807) is 0 Å². The zero-order valence-electron chi connectivity index (χ0n) is 11.4. The first-order valence-corrected chi connectivity index (χ1v) is 6.46. The molecule has 4 heteroatoms. The second-order valence-corrected chi connectivity index (χ2v) is 4.48. The van der Waals surface area contributed by atoms with Crippen LogP contribution < -0.4 is 10.2 Å². The van der Waals surface area contributed by atoms with Crippen LogP contribution >= 0.6 is 0 Å². The van der Waals surface area contributed by atoms with Crippen molar-refractivity contribution in [2.24, 2.45) is 0 Å². The van der Waals surface area contributed by atoms with Crippen molar-refractivity contribution in [2.75, 3.05) is 23.8 Å². The molecule has 0 atom stereocenters. The van der Waals surface area contributed by atoms with Crippen molar-refractivity contribution in [3.63, 3.8) is 0 Å². The van der Waals surface area contributed by atoms with Gasteiger partial charge < -0.3 is 10.2 Å². The van der Waals surface area contributed by atoms with E-state index in [0.29, 0.717) is 12.0 Å². The van der Waals surface area contributed by atoms with Gasteiger partial charge in [0.25, 0.3) is 0 Å². The lowest BCUT2D eigenvalue weighted by Crippen LogP contribution is -2.32. The molecule has 1 aromatic rings. The molecule has 0 aliphatic rings. The van der Waals surface area contributed by atoms with Gasteiger partial charge in [0, 0.05) is 25.8 Å². The molecule has 0 aromatic carbocycles. The lowest BCUT2D eigenvalue weighted by Gasteiger charge is -2.28. The molecule has 0 spiro atoms. The Hall–Kier alpha value is -1.32. The van der Waals surface area contributed by atoms with Crippen LogP contribution in [0.2, 0.25) is 0 Å². The summed E-state index contributed by atoms with van der Waals surface area (Å²) >= 11 is 0. The third-order valence-electron chi connectivity index (χ3n) is 2.78. The molecule has 0 saturated carbocycles. The van der Waals surface area contributed by atoms with Crippen molar-refractivity contribution in [3.8, 4) is 0 Å². The van der Waals surface area contributed by atoms with E-state index in [1.165, 1.54) is 19.3 Å². The minimum absolute atomic E-state index is 0.464. The average Bonchev–Trinajstić information content (AvgIpc) is 2.34. The van der Waals surface area contributed by atoms with Crippen molar-refractivity contribution in [1.29, 1.82) is 0 Å². The molecule has 0 aliphatic carbocycles. The Morgan fingerprint density at radius 1 is 1.35 bits per heavy atom. The van der Waals surface area contributed by atoms with E-state index in [4.69, 9.17) is 0 Å². The van der Waals surface area contributed by atoms with Crippen LogP contribution in [0.1, 0.15) is 40.0 Å². The molecule has 0 saturated heterocycles. The Balaban J connectivity index is 2.74. The maximum atomic E-state index is 4.50. The predicted octanol–water partition coefficient (Wildman–Crippen LogP) is 2.92. The molecule has 0 unspecified atom stereocenters. The van der Waals surface area contributed by atoms with Gasteiger partial charge in [-0.15, -0.1) is 0 Å². The molecule has 1 heterocycles. The Morgan fingerprint density at radius 3 is 2.71 bits per heavy atom. The van der Waals surface area contributed by atoms with Crippen molar-refractivity contribution in [1.82, 2.24) is 9.97 Å². The molecule has 0 radical (unpaired) electrons. The van der Waals surface area contributed by atoms with Gasteiger partial charge in [0.1, 0.15) is 5.82 Å². The highest BCUT2D eigenvalue weighted by Crippen LogP contribution is 2.16. The van der Waals surface area contributed by atoms with Gasteiger partial charge in [-0.25, -0.2) is 4.98 Å². The van der Waals surface area contributed by atoms with E-state index in [-0.39, 0.29) is 0 Å². The summed E-state index contributed by atoms with van der Waals surface area (Å²) in [4.78, 5) is 11.0. The van der Waals surface area contributed by atoms with Crippen molar-refractivity contribution < 1.29 is 0 Å². The molecule has 0 fully saturated rings. The summed E-state index contributed by atoms with van der Waals surface area (Å²) < 4.78 is 0. The SMILES string of the molecule is CCCCCN(c1ccnc(NC)n1)C(C)C. The van der Waals surface area contributed by atoms with E-state index in [2.05, 4.69) is 41.0 Å². The van der Waals surface area contributed by atoms with Crippen molar-refractivity contribution in [2.45, 2.75) is 46.1 Å². The second-order valence-electron chi connectivity index (χ2n) is 4.48. The van der Waals surface area contributed by atoms with Gasteiger partial charge in [-0.3, -0.25) is 0 Å². The average molecular weight is 236 g/mol. The number of rotatable bonds is 7. The number of nitrogens with one attached hydrogen (secondary N) is 1. The number of hydrogen-bond acceptors (Lipinski definition) is 4. The Bertz CT molecular complexity index is 325. The molecule has 1 N–H and O–H groups in total. The van der Waals surface area contributed by atoms with Crippen LogP contribution in [0.3, 0.4) is 0 Å². The van der Waals surface area contributed by atoms with E-state index in [9.17, 15) is 0 Å². The lowest BCUT2D eigenvalue weighted by atomic mass is 10.2. The molecule has 0 aliphatic heterocycles. The Kier molecular flexibility index (Phi) is 5.73. The molecule has 1 aromatic heterocycles. The predicted molar refractivity (Wildman–Crippen MR) is 73.6 cm³/mol. The van der Waals surface area contributed by atoms with E-state index >= 15 is 0 Å². The highest BCUT2D eigenvalue weighted by Gasteiger charge is 2.11. The first kappa shape index (κ1) is 13.7. The second kappa shape index (κ2) is 7.09. The summed E-state index contributed by atoms with van der Waals surface area (Å²) in [5.41, 5.74) is 0. The maximum absolute atomic E-state index is 4.50. The van der Waals surface area contributed by atoms with Crippen LogP contribution in [0.25, 0.3) is 0 Å². The van der Waals surface area contributed by atoms with Crippen LogP contribution in [-0.4, -0.2) is 29.6 Å². The van der Waals surface area contributed by atoms with Gasteiger partial charge in [-0.1, -0.05) is 19.8 Å². The summed E-state index contributed by atoms with van der Waals surface area (Å²) in [6.07, 6.45) is 5.54. The third kappa shape index (κ3) is 4.21. The maximum Gasteiger partial charge on any atom is 0.224 e. The van der Waals surface area contributed by atoms with Gasteiger partial charge in [0.05, 0.1) is 0 Å². The minimum atomic E-state index is 0.464. The van der Waals surface area contributed by atoms with Crippen LogP contribution in [0.15, 0.2) is 12.3 Å². The van der Waals surface area contributed by atoms with Crippen LogP contribution in [0.4, 0.5) is 11.8 Å². The normalized spacial score (nSPS) is 10.6. The minimum Gasteiger partial charge on any atom is -0.357 e. The molecule has 0 bridgehead atoms. The van der Waals surface area contributed by atoms with Crippen molar-refractivity contribution >= 4 is 11.8 Å². The van der Waals surface area contributed by atoms with Gasteiger partial charge >= 0.3 is 0 Å². The summed E-state index contributed by atoms with van der Waals surface area (Å²) in [6.45, 7) is 7.69. The van der Waals surface area contributed by atoms with Gasteiger partial charge in [0.2, 0.25) is 5.95 Å². The summed E-state index contributed by atoms with van der Waals surface area (Å²) in [7, 11) is 1.84. The standard InChI is InChI=1S/C13H24N4/c1-5-6-7-10-17(11(2)3)12-8-9-15-13(14-4)16-12/h8-9,11H,5-7,10H2,1-4H3,(H,14,15,16). The van der Waals surface area contributed by atoms with Crippen molar-refractivity contribution in [3.05, 3.63) is 12.3 Å². The molecule has 0 amide bonds. The summed E-state index contributed by atoms with van der Waals surface area (Å²) in [6, 6.07) is 2.44. The van der Waals surface area contributed by atoms with Crippen LogP contribution in [0, 0.1) is 0 Å². The molecule has 4 nitrogen and oxygen atoms in total. The third-order valence-corrected chi connectivity index (χ3v) is 2.78. The van der Waals surface area contributed by atoms with Gasteiger partial charge in [0.15, 0.2) is 0 Å². The fourth-order valence-electron chi connectivity index (χ4n) is 1.80. The highest BCUT2D eigenvalue weighted by atomic mass is 15.2. The largest absolute Gasteiger partial charge is 0.357 e. The first-order valence-electron chi connectivity index (χ1n) is 6.46. The number of nitrogens with zero attached hydrogens (tertiary/aromatic N) is 3. The summed E-state index contributed by atoms with van der Waals surface area (Å²) in [5, 5.41) is 2.98. The molecule has 17 heavy (non-hydrogen) atoms. The zero-order valence-corrected chi connectivity index (χ0v) is 11.4. The van der Waals surface area contributed by atoms with E-state index in [0.717, 1.165) is 12.4 Å². The number of aromatic nitrogens is 2. The smallest absolute Gasteiger partial charge is 0.224 e. The molecule has 96 valence electrons. The fraction of sp³-hybridized carbons (Fsp3) is 0.692. The Labute approximate surface area is 104 Å². The topological polar surface area (TPSA) is 41.1 Å². The number of anilines is 2. The van der Waals surface area contributed by atoms with Crippen LogP contribution in [0.5, 0.6) is 0 Å². The zero-order chi connectivity index (χ0) is 12.7. The van der Waals surface area contributed by atoms with Crippen LogP contribution in [-0.2, 0) is 0 Å². The number of unbranched alkanes of at least 4 members (excludes halogenated alkanes) is 2. The molecular formula is C13H24N4. The first-order chi connectivity index (χ1) is 8.19. The quantitative estimate of drug-likeness (QED) is 0.739. The van der Waals surface area contributed by atoms with Gasteiger partial charge in [-0.2, -0.15) is 4.98 Å². The number of hydrogen-bond donors (Lipinski definition) is 1. The monoisotopic (exact) mass is 236 g/mol. The Morgan fingerprint density at radius 2 is 2.12 bits per heavy atom.